The molecular weight excluding hydrogens is 300 g/mol. The number of pyridine rings is 1. The van der Waals surface area contributed by atoms with Crippen LogP contribution in [0.3, 0.4) is 0 Å². The lowest BCUT2D eigenvalue weighted by molar-refractivity contribution is 0.337. The van der Waals surface area contributed by atoms with Gasteiger partial charge < -0.3 is 4.74 Å². The molecule has 0 atom stereocenters. The Morgan fingerprint density at radius 2 is 1.95 bits per heavy atom. The van der Waals surface area contributed by atoms with Crippen molar-refractivity contribution in [1.82, 2.24) is 4.98 Å². The second-order valence-corrected chi connectivity index (χ2v) is 6.94. The van der Waals surface area contributed by atoms with E-state index in [1.54, 1.807) is 37.4 Å². The molecule has 0 saturated heterocycles. The van der Waals surface area contributed by atoms with Crippen molar-refractivity contribution in [2.75, 3.05) is 18.0 Å². The van der Waals surface area contributed by atoms with Crippen LogP contribution in [0.25, 0.3) is 0 Å². The molecule has 1 aromatic heterocycles. The molecule has 0 spiro atoms. The topological polar surface area (TPSA) is 59.5 Å². The minimum atomic E-state index is -3.64. The highest BCUT2D eigenvalue weighted by Gasteiger charge is 2.24. The second kappa shape index (κ2) is 6.36. The molecule has 1 aromatic carbocycles. The Hall–Kier alpha value is -2.08. The van der Waals surface area contributed by atoms with Gasteiger partial charge in [-0.2, -0.15) is 0 Å². The number of nitrogens with zero attached hydrogens (tertiary/aromatic N) is 2. The summed E-state index contributed by atoms with van der Waals surface area (Å²) in [5.74, 6) is 0.711. The third-order valence-corrected chi connectivity index (χ3v) is 5.35. The van der Waals surface area contributed by atoms with Crippen molar-refractivity contribution in [2.45, 2.75) is 25.7 Å². The summed E-state index contributed by atoms with van der Waals surface area (Å²) in [5.41, 5.74) is 1.98. The number of aromatic nitrogens is 1. The zero-order valence-electron chi connectivity index (χ0n) is 13.2. The Labute approximate surface area is 131 Å². The molecule has 118 valence electrons. The van der Waals surface area contributed by atoms with Gasteiger partial charge in [0.15, 0.2) is 0 Å². The van der Waals surface area contributed by atoms with Crippen LogP contribution >= 0.6 is 0 Å². The van der Waals surface area contributed by atoms with E-state index in [0.29, 0.717) is 23.6 Å². The van der Waals surface area contributed by atoms with Crippen molar-refractivity contribution in [3.63, 3.8) is 0 Å². The third kappa shape index (κ3) is 3.06. The Morgan fingerprint density at radius 1 is 1.23 bits per heavy atom. The van der Waals surface area contributed by atoms with Gasteiger partial charge in [-0.3, -0.25) is 9.29 Å². The maximum absolute atomic E-state index is 12.8. The SMILES string of the molecule is CCOc1cc(C)c(S(=O)(=O)N(C)c2cccnc2)cc1C. The van der Waals surface area contributed by atoms with Crippen LogP contribution in [0.15, 0.2) is 41.6 Å². The first-order valence-corrected chi connectivity index (χ1v) is 8.45. The summed E-state index contributed by atoms with van der Waals surface area (Å²) in [6.07, 6.45) is 3.13. The molecule has 5 nitrogen and oxygen atoms in total. The van der Waals surface area contributed by atoms with E-state index >= 15 is 0 Å². The van der Waals surface area contributed by atoms with E-state index in [1.807, 2.05) is 13.8 Å². The standard InChI is InChI=1S/C16H20N2O3S/c1-5-21-15-9-13(3)16(10-12(15)2)22(19,20)18(4)14-7-6-8-17-11-14/h6-11H,5H2,1-4H3. The predicted octanol–water partition coefficient (Wildman–Crippen LogP) is 2.92. The average molecular weight is 320 g/mol. The normalized spacial score (nSPS) is 11.3. The van der Waals surface area contributed by atoms with Gasteiger partial charge in [-0.1, -0.05) is 0 Å². The molecule has 2 aromatic rings. The van der Waals surface area contributed by atoms with E-state index in [0.717, 1.165) is 5.56 Å². The molecule has 0 aliphatic heterocycles. The molecule has 0 bridgehead atoms. The first-order chi connectivity index (χ1) is 10.4. The maximum Gasteiger partial charge on any atom is 0.264 e. The minimum absolute atomic E-state index is 0.278. The second-order valence-electron chi connectivity index (χ2n) is 5.00. The van der Waals surface area contributed by atoms with Gasteiger partial charge in [0.25, 0.3) is 10.0 Å². The summed E-state index contributed by atoms with van der Waals surface area (Å²) >= 11 is 0. The summed E-state index contributed by atoms with van der Waals surface area (Å²) in [4.78, 5) is 4.24. The van der Waals surface area contributed by atoms with E-state index in [-0.39, 0.29) is 4.90 Å². The summed E-state index contributed by atoms with van der Waals surface area (Å²) in [6, 6.07) is 6.84. The lowest BCUT2D eigenvalue weighted by atomic mass is 10.1. The molecule has 6 heteroatoms. The fraction of sp³-hybridized carbons (Fsp3) is 0.312. The Bertz CT molecular complexity index is 758. The zero-order valence-corrected chi connectivity index (χ0v) is 14.0. The van der Waals surface area contributed by atoms with Crippen LogP contribution in [0.2, 0.25) is 0 Å². The van der Waals surface area contributed by atoms with E-state index in [1.165, 1.54) is 17.5 Å². The monoisotopic (exact) mass is 320 g/mol. The van der Waals surface area contributed by atoms with E-state index < -0.39 is 10.0 Å². The molecule has 0 saturated carbocycles. The van der Waals surface area contributed by atoms with Crippen molar-refractivity contribution < 1.29 is 13.2 Å². The third-order valence-electron chi connectivity index (χ3n) is 3.42. The molecule has 22 heavy (non-hydrogen) atoms. The van der Waals surface area contributed by atoms with Gasteiger partial charge in [-0.05, 0) is 56.2 Å². The Balaban J connectivity index is 2.48. The van der Waals surface area contributed by atoms with Crippen LogP contribution in [0.1, 0.15) is 18.1 Å². The Kier molecular flexibility index (Phi) is 4.71. The number of rotatable bonds is 5. The molecule has 0 radical (unpaired) electrons. The molecular formula is C16H20N2O3S. The first-order valence-electron chi connectivity index (χ1n) is 7.01. The fourth-order valence-corrected chi connectivity index (χ4v) is 3.65. The van der Waals surface area contributed by atoms with Gasteiger partial charge in [0.1, 0.15) is 5.75 Å². The summed E-state index contributed by atoms with van der Waals surface area (Å²) in [5, 5.41) is 0. The van der Waals surface area contributed by atoms with Crippen LogP contribution in [-0.4, -0.2) is 27.1 Å². The molecule has 0 unspecified atom stereocenters. The molecule has 0 fully saturated rings. The van der Waals surface area contributed by atoms with Crippen molar-refractivity contribution in [3.8, 4) is 5.75 Å². The van der Waals surface area contributed by atoms with Crippen molar-refractivity contribution >= 4 is 15.7 Å². The largest absolute Gasteiger partial charge is 0.494 e. The quantitative estimate of drug-likeness (QED) is 0.850. The van der Waals surface area contributed by atoms with Crippen LogP contribution in [0.5, 0.6) is 5.75 Å². The number of hydrogen-bond donors (Lipinski definition) is 0. The summed E-state index contributed by atoms with van der Waals surface area (Å²) in [6.45, 7) is 6.05. The zero-order chi connectivity index (χ0) is 16.3. The van der Waals surface area contributed by atoms with Crippen molar-refractivity contribution in [3.05, 3.63) is 47.8 Å². The first kappa shape index (κ1) is 16.3. The number of sulfonamides is 1. The van der Waals surface area contributed by atoms with Gasteiger partial charge in [0.05, 0.1) is 23.4 Å². The Morgan fingerprint density at radius 3 is 2.55 bits per heavy atom. The highest BCUT2D eigenvalue weighted by molar-refractivity contribution is 7.92. The maximum atomic E-state index is 12.8. The molecule has 0 aliphatic rings. The van der Waals surface area contributed by atoms with Crippen LogP contribution in [-0.2, 0) is 10.0 Å². The minimum Gasteiger partial charge on any atom is -0.494 e. The van der Waals surface area contributed by atoms with E-state index in [4.69, 9.17) is 4.74 Å². The van der Waals surface area contributed by atoms with Crippen LogP contribution in [0.4, 0.5) is 5.69 Å². The number of benzene rings is 1. The summed E-state index contributed by atoms with van der Waals surface area (Å²) < 4.78 is 32.4. The molecule has 1 heterocycles. The van der Waals surface area contributed by atoms with Gasteiger partial charge in [0.2, 0.25) is 0 Å². The molecule has 0 aliphatic carbocycles. The fourth-order valence-electron chi connectivity index (χ4n) is 2.18. The highest BCUT2D eigenvalue weighted by atomic mass is 32.2. The van der Waals surface area contributed by atoms with Crippen molar-refractivity contribution in [1.29, 1.82) is 0 Å². The molecule has 0 N–H and O–H groups in total. The average Bonchev–Trinajstić information content (AvgIpc) is 2.50. The smallest absolute Gasteiger partial charge is 0.264 e. The number of anilines is 1. The van der Waals surface area contributed by atoms with Crippen LogP contribution in [0, 0.1) is 13.8 Å². The lowest BCUT2D eigenvalue weighted by Crippen LogP contribution is -2.27. The predicted molar refractivity (Wildman–Crippen MR) is 86.9 cm³/mol. The molecule has 2 rings (SSSR count). The van der Waals surface area contributed by atoms with E-state index in [2.05, 4.69) is 4.98 Å². The van der Waals surface area contributed by atoms with Gasteiger partial charge in [-0.15, -0.1) is 0 Å². The van der Waals surface area contributed by atoms with Gasteiger partial charge in [-0.25, -0.2) is 8.42 Å². The van der Waals surface area contributed by atoms with Crippen molar-refractivity contribution in [2.24, 2.45) is 0 Å². The number of ether oxygens (including phenoxy) is 1. The lowest BCUT2D eigenvalue weighted by Gasteiger charge is -2.21. The van der Waals surface area contributed by atoms with Gasteiger partial charge >= 0.3 is 0 Å². The number of hydrogen-bond acceptors (Lipinski definition) is 4. The summed E-state index contributed by atoms with van der Waals surface area (Å²) in [7, 11) is -2.11. The van der Waals surface area contributed by atoms with Crippen LogP contribution < -0.4 is 9.04 Å². The molecule has 0 amide bonds. The number of aryl methyl sites for hydroxylation is 2. The van der Waals surface area contributed by atoms with Gasteiger partial charge in [0, 0.05) is 13.2 Å². The highest BCUT2D eigenvalue weighted by Crippen LogP contribution is 2.29. The van der Waals surface area contributed by atoms with E-state index in [9.17, 15) is 8.42 Å².